The number of methoxy groups -OCH3 is 1. The number of anilines is 1. The highest BCUT2D eigenvalue weighted by atomic mass is 79.9. The highest BCUT2D eigenvalue weighted by molar-refractivity contribution is 9.10. The first-order valence-electron chi connectivity index (χ1n) is 3.86. The molecule has 0 radical (unpaired) electrons. The lowest BCUT2D eigenvalue weighted by atomic mass is 10.2. The molecule has 1 N–H and O–H groups in total. The van der Waals surface area contributed by atoms with Crippen LogP contribution >= 0.6 is 15.9 Å². The molecular formula is C9H9BrFNO2. The summed E-state index contributed by atoms with van der Waals surface area (Å²) < 4.78 is 18.1. The van der Waals surface area contributed by atoms with Gasteiger partial charge in [0.05, 0.1) is 12.8 Å². The molecule has 0 bridgehead atoms. The van der Waals surface area contributed by atoms with Gasteiger partial charge in [0.1, 0.15) is 5.82 Å². The number of rotatable bonds is 1. The summed E-state index contributed by atoms with van der Waals surface area (Å²) in [6, 6.07) is 2.90. The topological polar surface area (TPSA) is 38.3 Å². The second kappa shape index (κ2) is 4.41. The van der Waals surface area contributed by atoms with E-state index in [0.717, 1.165) is 5.56 Å². The minimum Gasteiger partial charge on any atom is -0.453 e. The molecule has 0 atom stereocenters. The fraction of sp³-hybridized carbons (Fsp3) is 0.222. The maximum Gasteiger partial charge on any atom is 0.411 e. The molecule has 1 rings (SSSR count). The summed E-state index contributed by atoms with van der Waals surface area (Å²) in [5, 5.41) is 2.29. The third-order valence-corrected chi connectivity index (χ3v) is 2.72. The molecule has 0 aliphatic rings. The van der Waals surface area contributed by atoms with Crippen molar-refractivity contribution in [2.75, 3.05) is 12.4 Å². The number of aryl methyl sites for hydroxylation is 1. The Morgan fingerprint density at radius 2 is 2.21 bits per heavy atom. The van der Waals surface area contributed by atoms with Crippen LogP contribution in [0.5, 0.6) is 0 Å². The van der Waals surface area contributed by atoms with Crippen molar-refractivity contribution in [3.8, 4) is 0 Å². The third-order valence-electron chi connectivity index (χ3n) is 1.70. The van der Waals surface area contributed by atoms with Crippen molar-refractivity contribution in [2.45, 2.75) is 6.92 Å². The van der Waals surface area contributed by atoms with Gasteiger partial charge in [-0.1, -0.05) is 6.07 Å². The van der Waals surface area contributed by atoms with Crippen molar-refractivity contribution in [1.82, 2.24) is 0 Å². The SMILES string of the molecule is COC(=O)Nc1c(F)ccc(C)c1Br. The minimum absolute atomic E-state index is 0.0943. The van der Waals surface area contributed by atoms with Crippen molar-refractivity contribution < 1.29 is 13.9 Å². The third kappa shape index (κ3) is 2.23. The van der Waals surface area contributed by atoms with Gasteiger partial charge < -0.3 is 4.74 Å². The second-order valence-electron chi connectivity index (χ2n) is 2.67. The molecule has 1 aromatic carbocycles. The van der Waals surface area contributed by atoms with E-state index in [1.807, 2.05) is 0 Å². The molecule has 0 aliphatic carbocycles. The van der Waals surface area contributed by atoms with Gasteiger partial charge in [0.15, 0.2) is 0 Å². The average Bonchev–Trinajstić information content (AvgIpc) is 2.18. The number of hydrogen-bond acceptors (Lipinski definition) is 2. The Labute approximate surface area is 89.4 Å². The molecule has 0 spiro atoms. The second-order valence-corrected chi connectivity index (χ2v) is 3.46. The number of carbonyl (C=O) groups excluding carboxylic acids is 1. The van der Waals surface area contributed by atoms with Crippen molar-refractivity contribution in [3.05, 3.63) is 28.0 Å². The highest BCUT2D eigenvalue weighted by Crippen LogP contribution is 2.28. The van der Waals surface area contributed by atoms with Crippen LogP contribution in [0.15, 0.2) is 16.6 Å². The van der Waals surface area contributed by atoms with Crippen LogP contribution in [-0.2, 0) is 4.74 Å². The van der Waals surface area contributed by atoms with E-state index in [0.29, 0.717) is 4.47 Å². The standard InChI is InChI=1S/C9H9BrFNO2/c1-5-3-4-6(11)8(7(5)10)12-9(13)14-2/h3-4H,1-2H3,(H,12,13). The number of benzene rings is 1. The molecular weight excluding hydrogens is 253 g/mol. The van der Waals surface area contributed by atoms with E-state index in [9.17, 15) is 9.18 Å². The van der Waals surface area contributed by atoms with Crippen molar-refractivity contribution in [2.24, 2.45) is 0 Å². The van der Waals surface area contributed by atoms with Crippen LogP contribution in [0, 0.1) is 12.7 Å². The molecule has 14 heavy (non-hydrogen) atoms. The Balaban J connectivity index is 3.06. The zero-order valence-corrected chi connectivity index (χ0v) is 9.31. The van der Waals surface area contributed by atoms with E-state index in [4.69, 9.17) is 0 Å². The Morgan fingerprint density at radius 1 is 1.57 bits per heavy atom. The van der Waals surface area contributed by atoms with Crippen LogP contribution in [0.3, 0.4) is 0 Å². The molecule has 0 unspecified atom stereocenters. The number of ether oxygens (including phenoxy) is 1. The molecule has 0 saturated carbocycles. The zero-order valence-electron chi connectivity index (χ0n) is 7.73. The number of carbonyl (C=O) groups is 1. The molecule has 1 amide bonds. The van der Waals surface area contributed by atoms with Gasteiger partial charge in [-0.05, 0) is 34.5 Å². The Morgan fingerprint density at radius 3 is 2.79 bits per heavy atom. The van der Waals surface area contributed by atoms with Crippen molar-refractivity contribution in [3.63, 3.8) is 0 Å². The summed E-state index contributed by atoms with van der Waals surface area (Å²) in [6.45, 7) is 1.80. The van der Waals surface area contributed by atoms with Gasteiger partial charge in [0, 0.05) is 4.47 Å². The lowest BCUT2D eigenvalue weighted by molar-refractivity contribution is 0.186. The molecule has 0 aliphatic heterocycles. The Bertz CT molecular complexity index is 368. The molecule has 0 heterocycles. The fourth-order valence-corrected chi connectivity index (χ4v) is 1.35. The predicted molar refractivity (Wildman–Crippen MR) is 54.9 cm³/mol. The van der Waals surface area contributed by atoms with Gasteiger partial charge in [-0.2, -0.15) is 0 Å². The Kier molecular flexibility index (Phi) is 3.46. The van der Waals surface area contributed by atoms with Gasteiger partial charge in [-0.15, -0.1) is 0 Å². The van der Waals surface area contributed by atoms with Gasteiger partial charge in [0.2, 0.25) is 0 Å². The fourth-order valence-electron chi connectivity index (χ4n) is 0.924. The minimum atomic E-state index is -0.699. The van der Waals surface area contributed by atoms with E-state index < -0.39 is 11.9 Å². The smallest absolute Gasteiger partial charge is 0.411 e. The monoisotopic (exact) mass is 261 g/mol. The summed E-state index contributed by atoms with van der Waals surface area (Å²) in [4.78, 5) is 10.9. The lowest BCUT2D eigenvalue weighted by Gasteiger charge is -2.08. The predicted octanol–water partition coefficient (Wildman–Crippen LogP) is 3.07. The summed E-state index contributed by atoms with van der Waals surface area (Å²) >= 11 is 3.18. The van der Waals surface area contributed by atoms with E-state index in [1.165, 1.54) is 13.2 Å². The lowest BCUT2D eigenvalue weighted by Crippen LogP contribution is -2.13. The number of amides is 1. The largest absolute Gasteiger partial charge is 0.453 e. The first-order valence-corrected chi connectivity index (χ1v) is 4.65. The molecule has 76 valence electrons. The molecule has 0 fully saturated rings. The van der Waals surface area contributed by atoms with Crippen LogP contribution < -0.4 is 5.32 Å². The number of hydrogen-bond donors (Lipinski definition) is 1. The van der Waals surface area contributed by atoms with E-state index in [2.05, 4.69) is 26.0 Å². The van der Waals surface area contributed by atoms with Crippen LogP contribution in [0.25, 0.3) is 0 Å². The van der Waals surface area contributed by atoms with Crippen molar-refractivity contribution >= 4 is 27.7 Å². The van der Waals surface area contributed by atoms with E-state index >= 15 is 0 Å². The van der Waals surface area contributed by atoms with Gasteiger partial charge in [-0.3, -0.25) is 5.32 Å². The van der Waals surface area contributed by atoms with Crippen LogP contribution in [0.4, 0.5) is 14.9 Å². The van der Waals surface area contributed by atoms with E-state index in [-0.39, 0.29) is 5.69 Å². The normalized spacial score (nSPS) is 9.71. The number of nitrogens with one attached hydrogen (secondary N) is 1. The van der Waals surface area contributed by atoms with Crippen LogP contribution in [0.2, 0.25) is 0 Å². The number of halogens is 2. The Hall–Kier alpha value is -1.10. The first-order chi connectivity index (χ1) is 6.56. The maximum absolute atomic E-state index is 13.2. The molecule has 3 nitrogen and oxygen atoms in total. The summed E-state index contributed by atoms with van der Waals surface area (Å²) in [5.74, 6) is -0.507. The van der Waals surface area contributed by atoms with Gasteiger partial charge >= 0.3 is 6.09 Å². The molecule has 0 saturated heterocycles. The summed E-state index contributed by atoms with van der Waals surface area (Å²) in [7, 11) is 1.22. The average molecular weight is 262 g/mol. The summed E-state index contributed by atoms with van der Waals surface area (Å²) in [5.41, 5.74) is 0.926. The first kappa shape index (κ1) is 11.0. The van der Waals surface area contributed by atoms with Crippen LogP contribution in [0.1, 0.15) is 5.56 Å². The van der Waals surface area contributed by atoms with Crippen LogP contribution in [-0.4, -0.2) is 13.2 Å². The highest BCUT2D eigenvalue weighted by Gasteiger charge is 2.11. The molecule has 5 heteroatoms. The van der Waals surface area contributed by atoms with E-state index in [1.54, 1.807) is 13.0 Å². The molecule has 1 aromatic rings. The van der Waals surface area contributed by atoms with Gasteiger partial charge in [-0.25, -0.2) is 9.18 Å². The summed E-state index contributed by atoms with van der Waals surface area (Å²) in [6.07, 6.45) is -0.699. The van der Waals surface area contributed by atoms with Gasteiger partial charge in [0.25, 0.3) is 0 Å². The van der Waals surface area contributed by atoms with Crippen molar-refractivity contribution in [1.29, 1.82) is 0 Å². The quantitative estimate of drug-likeness (QED) is 0.844. The zero-order chi connectivity index (χ0) is 10.7. The molecule has 0 aromatic heterocycles. The maximum atomic E-state index is 13.2.